The molecular formula is C17H18ClN5O4S. The molecule has 3 N–H and O–H groups in total. The summed E-state index contributed by atoms with van der Waals surface area (Å²) in [5.41, 5.74) is 1.67. The second-order valence-electron chi connectivity index (χ2n) is 5.88. The van der Waals surface area contributed by atoms with Crippen LogP contribution in [0, 0.1) is 0 Å². The average molecular weight is 424 g/mol. The summed E-state index contributed by atoms with van der Waals surface area (Å²) in [5, 5.41) is 9.40. The first-order valence-electron chi connectivity index (χ1n) is 8.43. The van der Waals surface area contributed by atoms with Gasteiger partial charge in [-0.25, -0.2) is 13.4 Å². The highest BCUT2D eigenvalue weighted by atomic mass is 35.7. The number of carbonyl (C=O) groups is 1. The average Bonchev–Trinajstić information content (AvgIpc) is 3.34. The quantitative estimate of drug-likeness (QED) is 0.354. The number of aromatic nitrogens is 3. The van der Waals surface area contributed by atoms with Crippen molar-refractivity contribution in [2.75, 3.05) is 13.1 Å². The molecule has 0 aliphatic rings. The summed E-state index contributed by atoms with van der Waals surface area (Å²) in [6, 6.07) is 11.0. The highest BCUT2D eigenvalue weighted by Gasteiger charge is 2.14. The number of halogens is 1. The number of aromatic amines is 1. The van der Waals surface area contributed by atoms with E-state index in [0.717, 1.165) is 5.56 Å². The topological polar surface area (TPSA) is 130 Å². The molecule has 0 unspecified atom stereocenters. The zero-order valence-corrected chi connectivity index (χ0v) is 16.3. The summed E-state index contributed by atoms with van der Waals surface area (Å²) in [6.07, 6.45) is 2.07. The maximum atomic E-state index is 12.1. The van der Waals surface area contributed by atoms with E-state index in [9.17, 15) is 13.2 Å². The molecule has 1 amide bonds. The van der Waals surface area contributed by atoms with Crippen molar-refractivity contribution in [3.63, 3.8) is 0 Å². The zero-order chi connectivity index (χ0) is 20.0. The largest absolute Gasteiger partial charge is 0.355 e. The SMILES string of the molecule is O=C(NCCCNCc1cnc(S(=O)(=O)Cl)[nH]1)c1cc(-c2ccccc2)on1. The Morgan fingerprint density at radius 3 is 2.71 bits per heavy atom. The van der Waals surface area contributed by atoms with Crippen molar-refractivity contribution in [3.05, 3.63) is 54.0 Å². The summed E-state index contributed by atoms with van der Waals surface area (Å²) in [4.78, 5) is 18.4. The highest BCUT2D eigenvalue weighted by Crippen LogP contribution is 2.19. The van der Waals surface area contributed by atoms with Gasteiger partial charge in [0.15, 0.2) is 11.5 Å². The van der Waals surface area contributed by atoms with Crippen molar-refractivity contribution in [2.45, 2.75) is 18.1 Å². The van der Waals surface area contributed by atoms with Gasteiger partial charge in [0.1, 0.15) is 0 Å². The Morgan fingerprint density at radius 2 is 2.00 bits per heavy atom. The van der Waals surface area contributed by atoms with Gasteiger partial charge in [0.2, 0.25) is 5.16 Å². The van der Waals surface area contributed by atoms with Crippen molar-refractivity contribution >= 4 is 25.6 Å². The van der Waals surface area contributed by atoms with Crippen LogP contribution in [0.2, 0.25) is 0 Å². The third-order valence-corrected chi connectivity index (χ3v) is 4.88. The molecule has 3 aromatic rings. The maximum Gasteiger partial charge on any atom is 0.294 e. The lowest BCUT2D eigenvalue weighted by Crippen LogP contribution is -2.27. The van der Waals surface area contributed by atoms with Crippen LogP contribution in [0.25, 0.3) is 11.3 Å². The second kappa shape index (κ2) is 9.00. The second-order valence-corrected chi connectivity index (χ2v) is 8.36. The van der Waals surface area contributed by atoms with Crippen molar-refractivity contribution in [1.29, 1.82) is 0 Å². The first-order chi connectivity index (χ1) is 13.4. The predicted octanol–water partition coefficient (Wildman–Crippen LogP) is 1.90. The lowest BCUT2D eigenvalue weighted by Gasteiger charge is -2.04. The van der Waals surface area contributed by atoms with E-state index in [1.54, 1.807) is 6.07 Å². The Bertz CT molecular complexity index is 1030. The number of rotatable bonds is 9. The first-order valence-corrected chi connectivity index (χ1v) is 10.7. The van der Waals surface area contributed by atoms with Crippen LogP contribution >= 0.6 is 10.7 Å². The summed E-state index contributed by atoms with van der Waals surface area (Å²) >= 11 is 0. The van der Waals surface area contributed by atoms with E-state index < -0.39 is 9.05 Å². The Kier molecular flexibility index (Phi) is 6.45. The molecule has 0 aliphatic carbocycles. The van der Waals surface area contributed by atoms with E-state index in [2.05, 4.69) is 25.8 Å². The smallest absolute Gasteiger partial charge is 0.294 e. The van der Waals surface area contributed by atoms with E-state index >= 15 is 0 Å². The monoisotopic (exact) mass is 423 g/mol. The maximum absolute atomic E-state index is 12.1. The summed E-state index contributed by atoms with van der Waals surface area (Å²) in [6.45, 7) is 1.46. The van der Waals surface area contributed by atoms with Gasteiger partial charge in [-0.15, -0.1) is 0 Å². The van der Waals surface area contributed by atoms with E-state index in [0.29, 0.717) is 37.5 Å². The molecule has 28 heavy (non-hydrogen) atoms. The zero-order valence-electron chi connectivity index (χ0n) is 14.7. The molecule has 0 radical (unpaired) electrons. The van der Waals surface area contributed by atoms with E-state index in [1.807, 2.05) is 30.3 Å². The minimum Gasteiger partial charge on any atom is -0.355 e. The molecule has 11 heteroatoms. The fraction of sp³-hybridized carbons (Fsp3) is 0.235. The van der Waals surface area contributed by atoms with Crippen LogP contribution in [0.4, 0.5) is 0 Å². The van der Waals surface area contributed by atoms with Gasteiger partial charge in [-0.3, -0.25) is 4.79 Å². The lowest BCUT2D eigenvalue weighted by molar-refractivity contribution is 0.0944. The Balaban J connectivity index is 1.37. The van der Waals surface area contributed by atoms with Crippen molar-refractivity contribution in [2.24, 2.45) is 0 Å². The lowest BCUT2D eigenvalue weighted by atomic mass is 10.1. The van der Waals surface area contributed by atoms with Crippen LogP contribution in [0.3, 0.4) is 0 Å². The van der Waals surface area contributed by atoms with Gasteiger partial charge in [-0.2, -0.15) is 0 Å². The van der Waals surface area contributed by atoms with Gasteiger partial charge in [0.25, 0.3) is 15.0 Å². The van der Waals surface area contributed by atoms with Crippen LogP contribution in [-0.4, -0.2) is 42.5 Å². The highest BCUT2D eigenvalue weighted by molar-refractivity contribution is 8.13. The molecule has 2 heterocycles. The molecule has 0 atom stereocenters. The number of hydrogen-bond acceptors (Lipinski definition) is 7. The number of imidazole rings is 1. The molecule has 0 saturated carbocycles. The predicted molar refractivity (Wildman–Crippen MR) is 102 cm³/mol. The minimum absolute atomic E-state index is 0.221. The molecule has 148 valence electrons. The number of benzene rings is 1. The molecule has 2 aromatic heterocycles. The number of amides is 1. The Hall–Kier alpha value is -2.69. The third kappa shape index (κ3) is 5.41. The number of carbonyl (C=O) groups excluding carboxylic acids is 1. The first kappa shape index (κ1) is 20.1. The van der Waals surface area contributed by atoms with Crippen LogP contribution in [0.1, 0.15) is 22.6 Å². The van der Waals surface area contributed by atoms with Crippen molar-refractivity contribution < 1.29 is 17.7 Å². The molecule has 1 aromatic carbocycles. The van der Waals surface area contributed by atoms with E-state index in [1.165, 1.54) is 6.20 Å². The molecule has 9 nitrogen and oxygen atoms in total. The normalized spacial score (nSPS) is 11.5. The van der Waals surface area contributed by atoms with Gasteiger partial charge in [-0.1, -0.05) is 35.5 Å². The van der Waals surface area contributed by atoms with Gasteiger partial charge < -0.3 is 20.1 Å². The molecule has 3 rings (SSSR count). The summed E-state index contributed by atoms with van der Waals surface area (Å²) < 4.78 is 27.5. The molecule has 0 fully saturated rings. The summed E-state index contributed by atoms with van der Waals surface area (Å²) in [7, 11) is 1.34. The van der Waals surface area contributed by atoms with Gasteiger partial charge in [0.05, 0.1) is 6.20 Å². The number of nitrogens with zero attached hydrogens (tertiary/aromatic N) is 2. The Morgan fingerprint density at radius 1 is 1.21 bits per heavy atom. The van der Waals surface area contributed by atoms with Crippen molar-refractivity contribution in [1.82, 2.24) is 25.8 Å². The number of hydrogen-bond donors (Lipinski definition) is 3. The molecule has 0 bridgehead atoms. The third-order valence-electron chi connectivity index (χ3n) is 3.77. The van der Waals surface area contributed by atoms with Crippen LogP contribution in [0.5, 0.6) is 0 Å². The molecule has 0 saturated heterocycles. The van der Waals surface area contributed by atoms with E-state index in [4.69, 9.17) is 15.2 Å². The van der Waals surface area contributed by atoms with Gasteiger partial charge >= 0.3 is 0 Å². The molecular weight excluding hydrogens is 406 g/mol. The molecule has 0 aliphatic heterocycles. The minimum atomic E-state index is -3.86. The van der Waals surface area contributed by atoms with Crippen LogP contribution in [-0.2, 0) is 15.6 Å². The standard InChI is InChI=1S/C17H18ClN5O4S/c18-28(25,26)17-21-11-13(22-17)10-19-7-4-8-20-16(24)14-9-15(27-23-14)12-5-2-1-3-6-12/h1-3,5-6,9,11,19H,4,7-8,10H2,(H,20,24)(H,21,22). The van der Waals surface area contributed by atoms with Crippen molar-refractivity contribution in [3.8, 4) is 11.3 Å². The fourth-order valence-electron chi connectivity index (χ4n) is 2.40. The number of nitrogens with one attached hydrogen (secondary N) is 3. The van der Waals surface area contributed by atoms with Crippen LogP contribution in [0.15, 0.2) is 52.3 Å². The number of H-pyrrole nitrogens is 1. The van der Waals surface area contributed by atoms with Gasteiger partial charge in [-0.05, 0) is 13.0 Å². The fourth-order valence-corrected chi connectivity index (χ4v) is 3.07. The van der Waals surface area contributed by atoms with Crippen LogP contribution < -0.4 is 10.6 Å². The van der Waals surface area contributed by atoms with Gasteiger partial charge in [0, 0.05) is 41.1 Å². The summed E-state index contributed by atoms with van der Waals surface area (Å²) in [5.74, 6) is 0.224. The Labute approximate surface area is 165 Å². The molecule has 0 spiro atoms. The van der Waals surface area contributed by atoms with E-state index in [-0.39, 0.29) is 16.8 Å².